The van der Waals surface area contributed by atoms with Crippen LogP contribution in [0.25, 0.3) is 0 Å². The van der Waals surface area contributed by atoms with Gasteiger partial charge in [0, 0.05) is 24.2 Å². The molecule has 1 heterocycles. The van der Waals surface area contributed by atoms with Crippen molar-refractivity contribution in [2.24, 2.45) is 5.73 Å². The number of hydrogen-bond acceptors (Lipinski definition) is 3. The summed E-state index contributed by atoms with van der Waals surface area (Å²) < 4.78 is 5.80. The van der Waals surface area contributed by atoms with E-state index < -0.39 is 0 Å². The third-order valence-electron chi connectivity index (χ3n) is 4.36. The fourth-order valence-electron chi connectivity index (χ4n) is 3.13. The van der Waals surface area contributed by atoms with Gasteiger partial charge in [0.15, 0.2) is 0 Å². The molecule has 118 valence electrons. The summed E-state index contributed by atoms with van der Waals surface area (Å²) in [4.78, 5) is 2.42. The van der Waals surface area contributed by atoms with E-state index in [4.69, 9.17) is 22.1 Å². The second kappa shape index (κ2) is 8.14. The highest BCUT2D eigenvalue weighted by Crippen LogP contribution is 2.31. The third-order valence-corrected chi connectivity index (χ3v) is 4.71. The maximum atomic E-state index is 6.43. The molecule has 2 rings (SSSR count). The van der Waals surface area contributed by atoms with Crippen molar-refractivity contribution in [3.8, 4) is 0 Å². The molecule has 0 saturated carbocycles. The lowest BCUT2D eigenvalue weighted by atomic mass is 9.95. The Morgan fingerprint density at radius 1 is 1.38 bits per heavy atom. The van der Waals surface area contributed by atoms with Gasteiger partial charge in [-0.15, -0.1) is 0 Å². The standard InChI is InChI=1S/C17H27ClN2O/c1-3-16(19)17(14-9-5-6-10-15(14)18)20(4-2)12-13-8-7-11-21-13/h5-6,9-10,13,16-17H,3-4,7-8,11-12,19H2,1-2H3. The number of nitrogens with two attached hydrogens (primary N) is 1. The number of ether oxygens (including phenoxy) is 1. The summed E-state index contributed by atoms with van der Waals surface area (Å²) in [6, 6.07) is 8.28. The number of likely N-dealkylation sites (N-methyl/N-ethyl adjacent to an activating group) is 1. The van der Waals surface area contributed by atoms with E-state index >= 15 is 0 Å². The maximum Gasteiger partial charge on any atom is 0.0703 e. The van der Waals surface area contributed by atoms with E-state index in [0.29, 0.717) is 6.10 Å². The summed E-state index contributed by atoms with van der Waals surface area (Å²) in [5.74, 6) is 0. The van der Waals surface area contributed by atoms with Crippen molar-refractivity contribution < 1.29 is 4.74 Å². The Morgan fingerprint density at radius 2 is 2.14 bits per heavy atom. The fraction of sp³-hybridized carbons (Fsp3) is 0.647. The maximum absolute atomic E-state index is 6.43. The Labute approximate surface area is 133 Å². The predicted molar refractivity (Wildman–Crippen MR) is 88.7 cm³/mol. The highest BCUT2D eigenvalue weighted by Gasteiger charge is 2.29. The molecule has 0 spiro atoms. The topological polar surface area (TPSA) is 38.5 Å². The van der Waals surface area contributed by atoms with Crippen LogP contribution >= 0.6 is 11.6 Å². The van der Waals surface area contributed by atoms with E-state index in [1.807, 2.05) is 18.2 Å². The Kier molecular flexibility index (Phi) is 6.49. The molecule has 3 unspecified atom stereocenters. The van der Waals surface area contributed by atoms with Gasteiger partial charge in [-0.3, -0.25) is 4.90 Å². The van der Waals surface area contributed by atoms with Crippen LogP contribution in [-0.4, -0.2) is 36.7 Å². The Hall–Kier alpha value is -0.610. The van der Waals surface area contributed by atoms with Crippen LogP contribution in [0.2, 0.25) is 5.02 Å². The number of halogens is 1. The van der Waals surface area contributed by atoms with E-state index in [-0.39, 0.29) is 12.1 Å². The van der Waals surface area contributed by atoms with Crippen LogP contribution in [0.1, 0.15) is 44.7 Å². The molecular formula is C17H27ClN2O. The molecule has 0 radical (unpaired) electrons. The van der Waals surface area contributed by atoms with Crippen molar-refractivity contribution in [2.45, 2.75) is 51.3 Å². The van der Waals surface area contributed by atoms with E-state index in [1.165, 1.54) is 6.42 Å². The van der Waals surface area contributed by atoms with Crippen LogP contribution < -0.4 is 5.73 Å². The van der Waals surface area contributed by atoms with Crippen molar-refractivity contribution in [3.63, 3.8) is 0 Å². The molecule has 3 atom stereocenters. The van der Waals surface area contributed by atoms with Crippen molar-refractivity contribution in [3.05, 3.63) is 34.9 Å². The fourth-order valence-corrected chi connectivity index (χ4v) is 3.37. The summed E-state index contributed by atoms with van der Waals surface area (Å²) in [5.41, 5.74) is 7.56. The van der Waals surface area contributed by atoms with Crippen LogP contribution in [0, 0.1) is 0 Å². The van der Waals surface area contributed by atoms with Crippen LogP contribution in [0.3, 0.4) is 0 Å². The van der Waals surface area contributed by atoms with Crippen molar-refractivity contribution >= 4 is 11.6 Å². The highest BCUT2D eigenvalue weighted by atomic mass is 35.5. The minimum atomic E-state index is 0.0752. The summed E-state index contributed by atoms with van der Waals surface area (Å²) >= 11 is 6.42. The average molecular weight is 311 g/mol. The summed E-state index contributed by atoms with van der Waals surface area (Å²) in [7, 11) is 0. The molecule has 0 aromatic heterocycles. The molecule has 2 N–H and O–H groups in total. The minimum absolute atomic E-state index is 0.0752. The summed E-state index contributed by atoms with van der Waals surface area (Å²) in [6.45, 7) is 7.08. The molecular weight excluding hydrogens is 284 g/mol. The third kappa shape index (κ3) is 4.19. The van der Waals surface area contributed by atoms with Gasteiger partial charge in [0.1, 0.15) is 0 Å². The van der Waals surface area contributed by atoms with Crippen LogP contribution in [0.5, 0.6) is 0 Å². The largest absolute Gasteiger partial charge is 0.377 e. The molecule has 1 aliphatic rings. The number of hydrogen-bond donors (Lipinski definition) is 1. The monoisotopic (exact) mass is 310 g/mol. The molecule has 1 aromatic carbocycles. The first-order chi connectivity index (χ1) is 10.2. The van der Waals surface area contributed by atoms with Gasteiger partial charge in [-0.05, 0) is 37.4 Å². The van der Waals surface area contributed by atoms with Gasteiger partial charge in [0.2, 0.25) is 0 Å². The second-order valence-electron chi connectivity index (χ2n) is 5.76. The normalized spacial score (nSPS) is 21.7. The number of rotatable bonds is 7. The molecule has 1 aromatic rings. The van der Waals surface area contributed by atoms with E-state index in [0.717, 1.165) is 43.1 Å². The zero-order valence-corrected chi connectivity index (χ0v) is 13.9. The summed E-state index contributed by atoms with van der Waals surface area (Å²) in [6.07, 6.45) is 3.57. The zero-order valence-electron chi connectivity index (χ0n) is 13.1. The van der Waals surface area contributed by atoms with Gasteiger partial charge in [-0.1, -0.05) is 43.6 Å². The van der Waals surface area contributed by atoms with Crippen LogP contribution in [0.4, 0.5) is 0 Å². The van der Waals surface area contributed by atoms with Gasteiger partial charge >= 0.3 is 0 Å². The second-order valence-corrected chi connectivity index (χ2v) is 6.17. The quantitative estimate of drug-likeness (QED) is 0.836. The molecule has 1 aliphatic heterocycles. The lowest BCUT2D eigenvalue weighted by Gasteiger charge is -2.36. The van der Waals surface area contributed by atoms with Gasteiger partial charge in [-0.25, -0.2) is 0 Å². The molecule has 0 bridgehead atoms. The van der Waals surface area contributed by atoms with Crippen LogP contribution in [0.15, 0.2) is 24.3 Å². The number of nitrogens with zero attached hydrogens (tertiary/aromatic N) is 1. The molecule has 0 aliphatic carbocycles. The van der Waals surface area contributed by atoms with Crippen molar-refractivity contribution in [1.82, 2.24) is 4.90 Å². The Bertz CT molecular complexity index is 435. The van der Waals surface area contributed by atoms with Crippen molar-refractivity contribution in [2.75, 3.05) is 19.7 Å². The summed E-state index contributed by atoms with van der Waals surface area (Å²) in [5, 5.41) is 0.803. The van der Waals surface area contributed by atoms with E-state index in [1.54, 1.807) is 0 Å². The minimum Gasteiger partial charge on any atom is -0.377 e. The first-order valence-corrected chi connectivity index (χ1v) is 8.40. The molecule has 4 heteroatoms. The first-order valence-electron chi connectivity index (χ1n) is 8.03. The van der Waals surface area contributed by atoms with E-state index in [2.05, 4.69) is 24.8 Å². The average Bonchev–Trinajstić information content (AvgIpc) is 3.01. The van der Waals surface area contributed by atoms with Gasteiger partial charge < -0.3 is 10.5 Å². The van der Waals surface area contributed by atoms with E-state index in [9.17, 15) is 0 Å². The molecule has 1 fully saturated rings. The first kappa shape index (κ1) is 16.8. The molecule has 3 nitrogen and oxygen atoms in total. The predicted octanol–water partition coefficient (Wildman–Crippen LogP) is 3.62. The van der Waals surface area contributed by atoms with Gasteiger partial charge in [-0.2, -0.15) is 0 Å². The van der Waals surface area contributed by atoms with Gasteiger partial charge in [0.25, 0.3) is 0 Å². The molecule has 0 amide bonds. The van der Waals surface area contributed by atoms with Gasteiger partial charge in [0.05, 0.1) is 12.1 Å². The molecule has 1 saturated heterocycles. The highest BCUT2D eigenvalue weighted by molar-refractivity contribution is 6.31. The van der Waals surface area contributed by atoms with Crippen molar-refractivity contribution in [1.29, 1.82) is 0 Å². The van der Waals surface area contributed by atoms with Crippen LogP contribution in [-0.2, 0) is 4.74 Å². The SMILES string of the molecule is CCC(N)C(c1ccccc1Cl)N(CC)CC1CCCO1. The number of benzene rings is 1. The Morgan fingerprint density at radius 3 is 2.71 bits per heavy atom. The lowest BCUT2D eigenvalue weighted by molar-refractivity contribution is 0.0531. The smallest absolute Gasteiger partial charge is 0.0703 e. The zero-order chi connectivity index (χ0) is 15.2. The lowest BCUT2D eigenvalue weighted by Crippen LogP contribution is -2.44. The Balaban J connectivity index is 2.22. The molecule has 21 heavy (non-hydrogen) atoms.